The van der Waals surface area contributed by atoms with E-state index >= 15 is 0 Å². The van der Waals surface area contributed by atoms with E-state index in [9.17, 15) is 4.39 Å². The molecule has 3 nitrogen and oxygen atoms in total. The Kier molecular flexibility index (Phi) is 3.08. The Hall–Kier alpha value is -2.02. The molecule has 0 unspecified atom stereocenters. The standard InChI is InChI=1S/C10H10FN3/c11-8-5-7(3-1-2-4-12)10(14)9(13)6-8/h1,3,5-6H,2,13-14H2. The number of anilines is 2. The van der Waals surface area contributed by atoms with Gasteiger partial charge < -0.3 is 11.5 Å². The molecule has 0 bridgehead atoms. The number of allylic oxidation sites excluding steroid dienone is 1. The molecule has 4 N–H and O–H groups in total. The van der Waals surface area contributed by atoms with Gasteiger partial charge in [0.1, 0.15) is 5.82 Å². The van der Waals surface area contributed by atoms with E-state index < -0.39 is 5.82 Å². The topological polar surface area (TPSA) is 75.8 Å². The first-order valence-electron chi connectivity index (χ1n) is 4.03. The molecule has 14 heavy (non-hydrogen) atoms. The molecule has 72 valence electrons. The number of halogens is 1. The average Bonchev–Trinajstić information content (AvgIpc) is 2.13. The Labute approximate surface area is 81.4 Å². The van der Waals surface area contributed by atoms with Crippen LogP contribution in [-0.2, 0) is 0 Å². The molecular weight excluding hydrogens is 181 g/mol. The third kappa shape index (κ3) is 2.23. The zero-order valence-corrected chi connectivity index (χ0v) is 7.50. The maximum Gasteiger partial charge on any atom is 0.126 e. The molecule has 4 heteroatoms. The Morgan fingerprint density at radius 1 is 1.43 bits per heavy atom. The number of hydrogen-bond acceptors (Lipinski definition) is 3. The fraction of sp³-hybridized carbons (Fsp3) is 0.100. The molecule has 1 rings (SSSR count). The van der Waals surface area contributed by atoms with Crippen LogP contribution in [0.5, 0.6) is 0 Å². The van der Waals surface area contributed by atoms with Crippen molar-refractivity contribution in [1.82, 2.24) is 0 Å². The first kappa shape index (κ1) is 10.1. The number of nitrogens with zero attached hydrogens (tertiary/aromatic N) is 1. The highest BCUT2D eigenvalue weighted by Gasteiger charge is 2.02. The van der Waals surface area contributed by atoms with E-state index in [0.717, 1.165) is 6.07 Å². The van der Waals surface area contributed by atoms with Gasteiger partial charge in [-0.15, -0.1) is 0 Å². The minimum absolute atomic E-state index is 0.210. The molecule has 1 aromatic rings. The van der Waals surface area contributed by atoms with Crippen LogP contribution in [0.15, 0.2) is 18.2 Å². The van der Waals surface area contributed by atoms with Gasteiger partial charge >= 0.3 is 0 Å². The Bertz CT molecular complexity index is 405. The summed E-state index contributed by atoms with van der Waals surface area (Å²) in [7, 11) is 0. The lowest BCUT2D eigenvalue weighted by molar-refractivity contribution is 0.628. The molecule has 0 amide bonds. The van der Waals surface area contributed by atoms with Crippen molar-refractivity contribution in [3.8, 4) is 6.07 Å². The van der Waals surface area contributed by atoms with Crippen molar-refractivity contribution < 1.29 is 4.39 Å². The van der Waals surface area contributed by atoms with Gasteiger partial charge in [-0.3, -0.25) is 0 Å². The summed E-state index contributed by atoms with van der Waals surface area (Å²) < 4.78 is 12.9. The van der Waals surface area contributed by atoms with Gasteiger partial charge in [0, 0.05) is 5.56 Å². The number of benzene rings is 1. The maximum atomic E-state index is 12.9. The molecule has 1 aromatic carbocycles. The summed E-state index contributed by atoms with van der Waals surface area (Å²) >= 11 is 0. The molecule has 0 saturated carbocycles. The predicted octanol–water partition coefficient (Wildman–Crippen LogP) is 1.92. The van der Waals surface area contributed by atoms with Crippen molar-refractivity contribution in [1.29, 1.82) is 5.26 Å². The van der Waals surface area contributed by atoms with Gasteiger partial charge in [-0.05, 0) is 12.1 Å². The van der Waals surface area contributed by atoms with Crippen LogP contribution in [0.4, 0.5) is 15.8 Å². The second-order valence-electron chi connectivity index (χ2n) is 2.76. The van der Waals surface area contributed by atoms with Crippen molar-refractivity contribution in [3.63, 3.8) is 0 Å². The summed E-state index contributed by atoms with van der Waals surface area (Å²) in [4.78, 5) is 0. The van der Waals surface area contributed by atoms with Gasteiger partial charge in [-0.1, -0.05) is 12.2 Å². The largest absolute Gasteiger partial charge is 0.397 e. The molecule has 0 aliphatic rings. The lowest BCUT2D eigenvalue weighted by atomic mass is 10.1. The van der Waals surface area contributed by atoms with E-state index in [-0.39, 0.29) is 12.1 Å². The average molecular weight is 191 g/mol. The number of nitriles is 1. The van der Waals surface area contributed by atoms with Crippen molar-refractivity contribution >= 4 is 17.5 Å². The summed E-state index contributed by atoms with van der Waals surface area (Å²) in [6.45, 7) is 0. The molecule has 0 heterocycles. The highest BCUT2D eigenvalue weighted by atomic mass is 19.1. The van der Waals surface area contributed by atoms with E-state index in [0.29, 0.717) is 11.3 Å². The highest BCUT2D eigenvalue weighted by Crippen LogP contribution is 2.22. The van der Waals surface area contributed by atoms with Crippen LogP contribution >= 0.6 is 0 Å². The molecular formula is C10H10FN3. The zero-order valence-electron chi connectivity index (χ0n) is 7.50. The molecule has 0 atom stereocenters. The van der Waals surface area contributed by atoms with Crippen LogP contribution in [0.1, 0.15) is 12.0 Å². The van der Waals surface area contributed by atoms with Crippen molar-refractivity contribution in [2.75, 3.05) is 11.5 Å². The van der Waals surface area contributed by atoms with Crippen LogP contribution in [0.3, 0.4) is 0 Å². The summed E-state index contributed by atoms with van der Waals surface area (Å²) in [5, 5.41) is 8.29. The van der Waals surface area contributed by atoms with Gasteiger partial charge in [0.05, 0.1) is 23.9 Å². The second kappa shape index (κ2) is 4.28. The monoisotopic (exact) mass is 191 g/mol. The van der Waals surface area contributed by atoms with Crippen LogP contribution < -0.4 is 11.5 Å². The third-order valence-electron chi connectivity index (χ3n) is 1.72. The van der Waals surface area contributed by atoms with Crippen molar-refractivity contribution in [2.24, 2.45) is 0 Å². The summed E-state index contributed by atoms with van der Waals surface area (Å²) in [6, 6.07) is 4.38. The van der Waals surface area contributed by atoms with Crippen molar-refractivity contribution in [3.05, 3.63) is 29.6 Å². The van der Waals surface area contributed by atoms with Gasteiger partial charge in [0.15, 0.2) is 0 Å². The van der Waals surface area contributed by atoms with Crippen LogP contribution in [0, 0.1) is 17.1 Å². The fourth-order valence-electron chi connectivity index (χ4n) is 1.04. The molecule has 0 saturated heterocycles. The van der Waals surface area contributed by atoms with Gasteiger partial charge in [-0.2, -0.15) is 5.26 Å². The smallest absolute Gasteiger partial charge is 0.126 e. The van der Waals surface area contributed by atoms with E-state index in [1.54, 1.807) is 12.2 Å². The Balaban J connectivity index is 3.03. The Morgan fingerprint density at radius 3 is 2.79 bits per heavy atom. The summed E-state index contributed by atoms with van der Waals surface area (Å²) in [5.41, 5.74) is 12.1. The van der Waals surface area contributed by atoms with E-state index in [1.165, 1.54) is 6.07 Å². The molecule has 0 aliphatic carbocycles. The second-order valence-corrected chi connectivity index (χ2v) is 2.76. The molecule has 0 aromatic heterocycles. The van der Waals surface area contributed by atoms with Gasteiger partial charge in [-0.25, -0.2) is 4.39 Å². The predicted molar refractivity (Wildman–Crippen MR) is 54.5 cm³/mol. The normalized spacial score (nSPS) is 10.3. The van der Waals surface area contributed by atoms with Crippen LogP contribution in [-0.4, -0.2) is 0 Å². The van der Waals surface area contributed by atoms with E-state index in [2.05, 4.69) is 0 Å². The SMILES string of the molecule is N#CCC=Cc1cc(F)cc(N)c1N. The lowest BCUT2D eigenvalue weighted by Gasteiger charge is -2.04. The quantitative estimate of drug-likeness (QED) is 0.701. The first-order valence-corrected chi connectivity index (χ1v) is 4.03. The number of hydrogen-bond donors (Lipinski definition) is 2. The Morgan fingerprint density at radius 2 is 2.14 bits per heavy atom. The summed E-state index contributed by atoms with van der Waals surface area (Å²) in [5.74, 6) is -0.437. The van der Waals surface area contributed by atoms with E-state index in [1.807, 2.05) is 6.07 Å². The van der Waals surface area contributed by atoms with Gasteiger partial charge in [0.2, 0.25) is 0 Å². The molecule has 0 fully saturated rings. The minimum Gasteiger partial charge on any atom is -0.397 e. The van der Waals surface area contributed by atoms with Crippen molar-refractivity contribution in [2.45, 2.75) is 6.42 Å². The van der Waals surface area contributed by atoms with Crippen LogP contribution in [0.25, 0.3) is 6.08 Å². The maximum absolute atomic E-state index is 12.9. The fourth-order valence-corrected chi connectivity index (χ4v) is 1.04. The van der Waals surface area contributed by atoms with Gasteiger partial charge in [0.25, 0.3) is 0 Å². The zero-order chi connectivity index (χ0) is 10.6. The molecule has 0 aliphatic heterocycles. The summed E-state index contributed by atoms with van der Waals surface area (Å²) in [6.07, 6.45) is 3.44. The lowest BCUT2D eigenvalue weighted by Crippen LogP contribution is -1.98. The third-order valence-corrected chi connectivity index (χ3v) is 1.72. The number of rotatable bonds is 2. The molecule has 0 spiro atoms. The first-order chi connectivity index (χ1) is 6.65. The molecule has 0 radical (unpaired) electrons. The minimum atomic E-state index is -0.437. The van der Waals surface area contributed by atoms with E-state index in [4.69, 9.17) is 16.7 Å². The highest BCUT2D eigenvalue weighted by molar-refractivity contribution is 5.75. The number of nitrogen functional groups attached to an aromatic ring is 2. The number of nitrogens with two attached hydrogens (primary N) is 2. The van der Waals surface area contributed by atoms with Crippen LogP contribution in [0.2, 0.25) is 0 Å².